The number of hydrogen-bond donors (Lipinski definition) is 0. The number of piperazine rings is 1. The van der Waals surface area contributed by atoms with Crippen molar-refractivity contribution in [2.24, 2.45) is 0 Å². The lowest BCUT2D eigenvalue weighted by Gasteiger charge is -2.46. The number of likely N-dealkylation sites (tertiary alicyclic amines) is 1. The lowest BCUT2D eigenvalue weighted by atomic mass is 9.71. The first-order valence-corrected chi connectivity index (χ1v) is 17.7. The van der Waals surface area contributed by atoms with Gasteiger partial charge in [0.25, 0.3) is 0 Å². The number of ether oxygens (including phenoxy) is 2. The van der Waals surface area contributed by atoms with Gasteiger partial charge in [-0.2, -0.15) is 26.3 Å². The molecule has 0 bridgehead atoms. The average molecular weight is 698 g/mol. The lowest BCUT2D eigenvalue weighted by Crippen LogP contribution is -2.53. The van der Waals surface area contributed by atoms with Crippen LogP contribution in [0.5, 0.6) is 11.5 Å². The van der Waals surface area contributed by atoms with Gasteiger partial charge in [0.1, 0.15) is 0 Å². The number of piperidine rings is 1. The summed E-state index contributed by atoms with van der Waals surface area (Å²) in [5, 5.41) is 0. The first kappa shape index (κ1) is 37.3. The second-order valence-electron chi connectivity index (χ2n) is 13.7. The second kappa shape index (κ2) is 15.9. The first-order chi connectivity index (χ1) is 23.3. The van der Waals surface area contributed by atoms with Crippen molar-refractivity contribution in [1.29, 1.82) is 0 Å². The molecule has 1 atom stereocenters. The van der Waals surface area contributed by atoms with Crippen LogP contribution in [0.25, 0.3) is 0 Å². The summed E-state index contributed by atoms with van der Waals surface area (Å²) in [4.78, 5) is 20.4. The standard InChI is InChI=1S/C37H49F6N3O3/c1-3-48-32-12-11-28(25-33(32)49-4-2)35(14-16-44-17-19-45(20-18-44)31-9-6-5-7-10-31)13-8-15-46(26-35)34(47)23-27-21-29(36(38,39)40)24-30(22-27)37(41,42)43/h11-12,21-22,24-25,31H,3-10,13-20,23,26H2,1-2H3. The molecule has 49 heavy (non-hydrogen) atoms. The van der Waals surface area contributed by atoms with Crippen LogP contribution in [-0.2, 0) is 29.0 Å². The van der Waals surface area contributed by atoms with Gasteiger partial charge < -0.3 is 19.3 Å². The third kappa shape index (κ3) is 9.42. The van der Waals surface area contributed by atoms with Crippen LogP contribution in [0.2, 0.25) is 0 Å². The molecule has 0 N–H and O–H groups in total. The van der Waals surface area contributed by atoms with Crippen molar-refractivity contribution in [2.75, 3.05) is 59.0 Å². The van der Waals surface area contributed by atoms with Crippen molar-refractivity contribution in [2.45, 2.75) is 95.4 Å². The zero-order valence-electron chi connectivity index (χ0n) is 28.6. The summed E-state index contributed by atoms with van der Waals surface area (Å²) >= 11 is 0. The molecule has 3 aliphatic rings. The van der Waals surface area contributed by atoms with Gasteiger partial charge in [0.15, 0.2) is 11.5 Å². The van der Waals surface area contributed by atoms with E-state index in [9.17, 15) is 31.1 Å². The van der Waals surface area contributed by atoms with Crippen molar-refractivity contribution < 1.29 is 40.6 Å². The minimum absolute atomic E-state index is 0.0940. The van der Waals surface area contributed by atoms with Crippen molar-refractivity contribution in [3.05, 3.63) is 58.7 Å². The monoisotopic (exact) mass is 697 g/mol. The summed E-state index contributed by atoms with van der Waals surface area (Å²) < 4.78 is 93.1. The van der Waals surface area contributed by atoms with Gasteiger partial charge in [0, 0.05) is 50.7 Å². The molecule has 2 saturated heterocycles. The molecule has 0 spiro atoms. The number of benzene rings is 2. The number of rotatable bonds is 11. The van der Waals surface area contributed by atoms with E-state index >= 15 is 0 Å². The molecule has 0 radical (unpaired) electrons. The predicted octanol–water partition coefficient (Wildman–Crippen LogP) is 7.96. The first-order valence-electron chi connectivity index (χ1n) is 17.7. The quantitative estimate of drug-likeness (QED) is 0.223. The number of carbonyl (C=O) groups is 1. The number of amides is 1. The van der Waals surface area contributed by atoms with Crippen molar-refractivity contribution in [1.82, 2.24) is 14.7 Å². The van der Waals surface area contributed by atoms with E-state index in [0.717, 1.165) is 51.1 Å². The van der Waals surface area contributed by atoms with Gasteiger partial charge >= 0.3 is 12.4 Å². The molecule has 12 heteroatoms. The molecule has 5 rings (SSSR count). The maximum atomic E-state index is 13.7. The Morgan fingerprint density at radius 1 is 0.796 bits per heavy atom. The van der Waals surface area contributed by atoms with Gasteiger partial charge in [-0.1, -0.05) is 25.3 Å². The molecular weight excluding hydrogens is 648 g/mol. The molecule has 3 fully saturated rings. The maximum Gasteiger partial charge on any atom is 0.416 e. The van der Waals surface area contributed by atoms with Gasteiger partial charge in [-0.05, 0) is 94.0 Å². The maximum absolute atomic E-state index is 13.7. The Bertz CT molecular complexity index is 1370. The molecule has 2 aromatic rings. The fourth-order valence-electron chi connectivity index (χ4n) is 7.89. The van der Waals surface area contributed by atoms with Gasteiger partial charge in [-0.3, -0.25) is 9.69 Å². The van der Waals surface area contributed by atoms with E-state index in [2.05, 4.69) is 9.80 Å². The van der Waals surface area contributed by atoms with E-state index < -0.39 is 41.2 Å². The third-order valence-corrected chi connectivity index (χ3v) is 10.5. The summed E-state index contributed by atoms with van der Waals surface area (Å²) in [6.45, 7) is 10.1. The molecule has 2 aromatic carbocycles. The molecule has 6 nitrogen and oxygen atoms in total. The molecule has 1 amide bonds. The van der Waals surface area contributed by atoms with E-state index in [1.165, 1.54) is 32.1 Å². The van der Waals surface area contributed by atoms with Crippen LogP contribution >= 0.6 is 0 Å². The topological polar surface area (TPSA) is 45.2 Å². The molecular formula is C37H49F6N3O3. The highest BCUT2D eigenvalue weighted by Gasteiger charge is 2.41. The van der Waals surface area contributed by atoms with Crippen LogP contribution < -0.4 is 9.47 Å². The minimum atomic E-state index is -4.98. The zero-order valence-corrected chi connectivity index (χ0v) is 28.6. The van der Waals surface area contributed by atoms with Gasteiger partial charge in [0.05, 0.1) is 30.8 Å². The van der Waals surface area contributed by atoms with E-state index in [0.29, 0.717) is 62.4 Å². The Kier molecular flexibility index (Phi) is 12.1. The van der Waals surface area contributed by atoms with E-state index in [-0.39, 0.29) is 11.6 Å². The number of carbonyl (C=O) groups excluding carboxylic acids is 1. The van der Waals surface area contributed by atoms with Crippen LogP contribution in [0.4, 0.5) is 26.3 Å². The molecule has 272 valence electrons. The Morgan fingerprint density at radius 2 is 1.43 bits per heavy atom. The van der Waals surface area contributed by atoms with Gasteiger partial charge in [-0.25, -0.2) is 0 Å². The summed E-state index contributed by atoms with van der Waals surface area (Å²) in [6.07, 6.45) is -1.90. The zero-order chi connectivity index (χ0) is 35.2. The van der Waals surface area contributed by atoms with Gasteiger partial charge in [0.2, 0.25) is 5.91 Å². The number of halogens is 6. The molecule has 2 aliphatic heterocycles. The second-order valence-corrected chi connectivity index (χ2v) is 13.7. The molecule has 0 aromatic heterocycles. The SMILES string of the molecule is CCOc1ccc(C2(CCN3CCN(C4CCCCC4)CC3)CCCN(C(=O)Cc3cc(C(F)(F)F)cc(C(F)(F)F)c3)C2)cc1OCC. The largest absolute Gasteiger partial charge is 0.490 e. The Labute approximate surface area is 285 Å². The predicted molar refractivity (Wildman–Crippen MR) is 176 cm³/mol. The van der Waals surface area contributed by atoms with Crippen LogP contribution in [-0.4, -0.2) is 85.7 Å². The van der Waals surface area contributed by atoms with Gasteiger partial charge in [-0.15, -0.1) is 0 Å². The Morgan fingerprint density at radius 3 is 2.04 bits per heavy atom. The highest BCUT2D eigenvalue weighted by Crippen LogP contribution is 2.42. The lowest BCUT2D eigenvalue weighted by molar-refractivity contribution is -0.143. The summed E-state index contributed by atoms with van der Waals surface area (Å²) in [5.41, 5.74) is -2.65. The van der Waals surface area contributed by atoms with Crippen LogP contribution in [0.1, 0.15) is 87.5 Å². The van der Waals surface area contributed by atoms with Crippen LogP contribution in [0, 0.1) is 0 Å². The van der Waals surface area contributed by atoms with Crippen LogP contribution in [0.15, 0.2) is 36.4 Å². The number of alkyl halides is 6. The minimum Gasteiger partial charge on any atom is -0.490 e. The summed E-state index contributed by atoms with van der Waals surface area (Å²) in [5.74, 6) is 0.735. The van der Waals surface area contributed by atoms with E-state index in [1.54, 1.807) is 4.90 Å². The molecule has 1 unspecified atom stereocenters. The van der Waals surface area contributed by atoms with Crippen molar-refractivity contribution in [3.8, 4) is 11.5 Å². The smallest absolute Gasteiger partial charge is 0.416 e. The summed E-state index contributed by atoms with van der Waals surface area (Å²) in [6, 6.07) is 7.94. The fraction of sp³-hybridized carbons (Fsp3) is 0.649. The molecule has 1 aliphatic carbocycles. The van der Waals surface area contributed by atoms with Crippen molar-refractivity contribution >= 4 is 5.91 Å². The number of hydrogen-bond acceptors (Lipinski definition) is 5. The average Bonchev–Trinajstić information content (AvgIpc) is 3.08. The normalized spacial score (nSPS) is 21.9. The highest BCUT2D eigenvalue weighted by molar-refractivity contribution is 5.79. The third-order valence-electron chi connectivity index (χ3n) is 10.5. The summed E-state index contributed by atoms with van der Waals surface area (Å²) in [7, 11) is 0. The highest BCUT2D eigenvalue weighted by atomic mass is 19.4. The van der Waals surface area contributed by atoms with Crippen molar-refractivity contribution in [3.63, 3.8) is 0 Å². The van der Waals surface area contributed by atoms with E-state index in [1.807, 2.05) is 32.0 Å². The fourth-order valence-corrected chi connectivity index (χ4v) is 7.89. The van der Waals surface area contributed by atoms with Crippen LogP contribution in [0.3, 0.4) is 0 Å². The molecule has 2 heterocycles. The number of nitrogens with zero attached hydrogens (tertiary/aromatic N) is 3. The molecule has 1 saturated carbocycles. The van der Waals surface area contributed by atoms with E-state index in [4.69, 9.17) is 9.47 Å². The Balaban J connectivity index is 1.37. The Hall–Kier alpha value is -2.99.